The first-order chi connectivity index (χ1) is 9.39. The van der Waals surface area contributed by atoms with Crippen molar-refractivity contribution in [2.75, 3.05) is 0 Å². The summed E-state index contributed by atoms with van der Waals surface area (Å²) >= 11 is 0. The molecule has 4 heteroatoms. The molecule has 0 aliphatic carbocycles. The van der Waals surface area contributed by atoms with Gasteiger partial charge in [0.05, 0.1) is 11.6 Å². The van der Waals surface area contributed by atoms with Crippen molar-refractivity contribution in [3.05, 3.63) is 35.0 Å². The first-order valence-corrected chi connectivity index (χ1v) is 6.79. The molecule has 1 heterocycles. The van der Waals surface area contributed by atoms with Gasteiger partial charge in [0.2, 0.25) is 0 Å². The molecular weight excluding hydrogens is 252 g/mol. The number of phenols is 2. The van der Waals surface area contributed by atoms with Gasteiger partial charge in [-0.25, -0.2) is 0 Å². The highest BCUT2D eigenvalue weighted by atomic mass is 16.3. The molecule has 0 saturated heterocycles. The van der Waals surface area contributed by atoms with Gasteiger partial charge in [0.25, 0.3) is 0 Å². The summed E-state index contributed by atoms with van der Waals surface area (Å²) in [6.45, 7) is 6.03. The molecule has 2 aromatic carbocycles. The molecule has 1 unspecified atom stereocenters. The van der Waals surface area contributed by atoms with E-state index in [0.717, 1.165) is 6.42 Å². The summed E-state index contributed by atoms with van der Waals surface area (Å²) in [6.07, 6.45) is 0.775. The van der Waals surface area contributed by atoms with Crippen LogP contribution in [0.2, 0.25) is 0 Å². The van der Waals surface area contributed by atoms with Crippen LogP contribution in [0.25, 0.3) is 10.8 Å². The molecule has 2 N–H and O–H groups in total. The molecule has 0 radical (unpaired) electrons. The zero-order valence-corrected chi connectivity index (χ0v) is 11.9. The van der Waals surface area contributed by atoms with Crippen molar-refractivity contribution in [1.29, 1.82) is 0 Å². The number of hydrogen-bond donors (Lipinski definition) is 2. The molecule has 2 aromatic rings. The lowest BCUT2D eigenvalue weighted by Crippen LogP contribution is -2.29. The van der Waals surface area contributed by atoms with Crippen LogP contribution in [0.15, 0.2) is 34.3 Å². The maximum atomic E-state index is 10.5. The van der Waals surface area contributed by atoms with Crippen molar-refractivity contribution in [2.24, 2.45) is 9.98 Å². The van der Waals surface area contributed by atoms with E-state index in [2.05, 4.69) is 9.98 Å². The molecule has 0 amide bonds. The second kappa shape index (κ2) is 4.20. The number of hydrogen-bond acceptors (Lipinski definition) is 4. The Kier molecular flexibility index (Phi) is 2.71. The third-order valence-corrected chi connectivity index (χ3v) is 3.67. The number of phenolic OH excluding ortho intramolecular Hbond substituents is 2. The Bertz CT molecular complexity index is 809. The molecule has 1 aliphatic rings. The van der Waals surface area contributed by atoms with Crippen LogP contribution in [0.1, 0.15) is 27.2 Å². The summed E-state index contributed by atoms with van der Waals surface area (Å²) < 4.78 is 0. The van der Waals surface area contributed by atoms with Gasteiger partial charge in [-0.3, -0.25) is 9.98 Å². The number of aromatic hydroxyl groups is 2. The van der Waals surface area contributed by atoms with Crippen LogP contribution in [0.5, 0.6) is 11.5 Å². The standard InChI is InChI=1S/C16H18N2O2/c1-9-8-16(2,3)18-13-12(17-9)14(19)10-6-4-5-7-11(10)15(13)20/h4-7,9,19-20H,8H2,1-3H3. The van der Waals surface area contributed by atoms with E-state index in [-0.39, 0.29) is 23.1 Å². The highest BCUT2D eigenvalue weighted by Gasteiger charge is 2.24. The van der Waals surface area contributed by atoms with Crippen molar-refractivity contribution in [3.8, 4) is 11.5 Å². The van der Waals surface area contributed by atoms with Gasteiger partial charge < -0.3 is 10.2 Å². The smallest absolute Gasteiger partial charge is 0.151 e. The lowest BCUT2D eigenvalue weighted by molar-refractivity contribution is 0.428. The van der Waals surface area contributed by atoms with Gasteiger partial charge in [-0.2, -0.15) is 0 Å². The number of nitrogens with zero attached hydrogens (tertiary/aromatic N) is 2. The molecule has 1 atom stereocenters. The molecule has 0 spiro atoms. The Morgan fingerprint density at radius 1 is 1.05 bits per heavy atom. The van der Waals surface area contributed by atoms with Crippen molar-refractivity contribution >= 4 is 10.8 Å². The SMILES string of the molecule is CC1CC(C)(C)N=c2c(O)c3ccccc3c(O)c2=N1. The molecule has 3 rings (SSSR count). The Morgan fingerprint density at radius 2 is 1.60 bits per heavy atom. The van der Waals surface area contributed by atoms with E-state index in [1.54, 1.807) is 12.1 Å². The Morgan fingerprint density at radius 3 is 2.20 bits per heavy atom. The zero-order valence-electron chi connectivity index (χ0n) is 11.9. The van der Waals surface area contributed by atoms with Gasteiger partial charge in [0, 0.05) is 10.8 Å². The van der Waals surface area contributed by atoms with E-state index >= 15 is 0 Å². The van der Waals surface area contributed by atoms with Gasteiger partial charge in [0.15, 0.2) is 11.5 Å². The summed E-state index contributed by atoms with van der Waals surface area (Å²) in [6, 6.07) is 7.26. The first kappa shape index (κ1) is 12.9. The fourth-order valence-electron chi connectivity index (χ4n) is 2.94. The molecule has 0 bridgehead atoms. The molecule has 4 nitrogen and oxygen atoms in total. The van der Waals surface area contributed by atoms with Crippen molar-refractivity contribution in [1.82, 2.24) is 0 Å². The monoisotopic (exact) mass is 270 g/mol. The Hall–Kier alpha value is -2.10. The van der Waals surface area contributed by atoms with E-state index in [1.165, 1.54) is 0 Å². The van der Waals surface area contributed by atoms with Gasteiger partial charge in [-0.1, -0.05) is 24.3 Å². The predicted molar refractivity (Wildman–Crippen MR) is 77.7 cm³/mol. The fourth-order valence-corrected chi connectivity index (χ4v) is 2.94. The van der Waals surface area contributed by atoms with Crippen molar-refractivity contribution < 1.29 is 10.2 Å². The predicted octanol–water partition coefficient (Wildman–Crippen LogP) is 2.06. The largest absolute Gasteiger partial charge is 0.505 e. The van der Waals surface area contributed by atoms with Crippen LogP contribution in [-0.2, 0) is 0 Å². The minimum atomic E-state index is -0.319. The summed E-state index contributed by atoms with van der Waals surface area (Å²) in [5.41, 5.74) is -0.319. The van der Waals surface area contributed by atoms with Crippen LogP contribution < -0.4 is 10.7 Å². The van der Waals surface area contributed by atoms with Gasteiger partial charge in [-0.15, -0.1) is 0 Å². The summed E-state index contributed by atoms with van der Waals surface area (Å²) in [4.78, 5) is 9.17. The van der Waals surface area contributed by atoms with Crippen molar-refractivity contribution in [3.63, 3.8) is 0 Å². The highest BCUT2D eigenvalue weighted by Crippen LogP contribution is 2.27. The van der Waals surface area contributed by atoms with Crippen LogP contribution >= 0.6 is 0 Å². The summed E-state index contributed by atoms with van der Waals surface area (Å²) in [7, 11) is 0. The Labute approximate surface area is 117 Å². The minimum absolute atomic E-state index is 0.0430. The Balaban J connectivity index is 2.58. The van der Waals surface area contributed by atoms with Crippen molar-refractivity contribution in [2.45, 2.75) is 38.8 Å². The maximum Gasteiger partial charge on any atom is 0.151 e. The van der Waals surface area contributed by atoms with Gasteiger partial charge in [0.1, 0.15) is 10.7 Å². The topological polar surface area (TPSA) is 65.2 Å². The lowest BCUT2D eigenvalue weighted by Gasteiger charge is -2.19. The summed E-state index contributed by atoms with van der Waals surface area (Å²) in [5, 5.41) is 23.0. The zero-order chi connectivity index (χ0) is 14.5. The first-order valence-electron chi connectivity index (χ1n) is 6.79. The number of rotatable bonds is 0. The van der Waals surface area contributed by atoms with Crippen LogP contribution in [0.3, 0.4) is 0 Å². The highest BCUT2D eigenvalue weighted by molar-refractivity contribution is 5.92. The van der Waals surface area contributed by atoms with Crippen LogP contribution in [0, 0.1) is 0 Å². The van der Waals surface area contributed by atoms with Gasteiger partial charge >= 0.3 is 0 Å². The molecule has 20 heavy (non-hydrogen) atoms. The van der Waals surface area contributed by atoms with E-state index in [4.69, 9.17) is 0 Å². The van der Waals surface area contributed by atoms with Crippen LogP contribution in [-0.4, -0.2) is 21.8 Å². The quantitative estimate of drug-likeness (QED) is 0.720. The number of benzene rings is 2. The average Bonchev–Trinajstić information content (AvgIpc) is 2.51. The molecule has 0 saturated carbocycles. The van der Waals surface area contributed by atoms with E-state index in [1.807, 2.05) is 32.9 Å². The minimum Gasteiger partial charge on any atom is -0.505 e. The second-order valence-electron chi connectivity index (χ2n) is 6.05. The van der Waals surface area contributed by atoms with E-state index < -0.39 is 0 Å². The third kappa shape index (κ3) is 1.92. The van der Waals surface area contributed by atoms with E-state index in [9.17, 15) is 10.2 Å². The maximum absolute atomic E-state index is 10.5. The lowest BCUT2D eigenvalue weighted by atomic mass is 9.97. The molecule has 0 aromatic heterocycles. The number of fused-ring (bicyclic) bond motifs is 2. The van der Waals surface area contributed by atoms with Gasteiger partial charge in [-0.05, 0) is 27.2 Å². The summed E-state index contributed by atoms with van der Waals surface area (Å²) in [5.74, 6) is 0.195. The molecular formula is C16H18N2O2. The fraction of sp³-hybridized carbons (Fsp3) is 0.375. The second-order valence-corrected chi connectivity index (χ2v) is 6.05. The van der Waals surface area contributed by atoms with Crippen LogP contribution in [0.4, 0.5) is 0 Å². The normalized spacial score (nSPS) is 20.6. The molecule has 1 aliphatic heterocycles. The molecule has 0 fully saturated rings. The van der Waals surface area contributed by atoms with E-state index in [0.29, 0.717) is 21.5 Å². The molecule has 104 valence electrons. The average molecular weight is 270 g/mol. The third-order valence-electron chi connectivity index (χ3n) is 3.67.